The van der Waals surface area contributed by atoms with Crippen LogP contribution < -0.4 is 19.8 Å². The van der Waals surface area contributed by atoms with Crippen LogP contribution in [0, 0.1) is 0 Å². The third-order valence-corrected chi connectivity index (χ3v) is 6.48. The molecule has 0 unspecified atom stereocenters. The van der Waals surface area contributed by atoms with Gasteiger partial charge in [0.15, 0.2) is 0 Å². The van der Waals surface area contributed by atoms with E-state index in [4.69, 9.17) is 9.47 Å². The number of methoxy groups -OCH3 is 2. The SMILES string of the molecule is CCN1c2cc(OC)c(/C=N/NC(=O)CSc3ccc(OC)cc3)cc2C(C)=CC1(C)C. The van der Waals surface area contributed by atoms with Crippen molar-refractivity contribution in [2.45, 2.75) is 38.1 Å². The minimum Gasteiger partial charge on any atom is -0.497 e. The van der Waals surface area contributed by atoms with E-state index in [0.717, 1.165) is 39.8 Å². The predicted molar refractivity (Wildman–Crippen MR) is 133 cm³/mol. The van der Waals surface area contributed by atoms with Gasteiger partial charge in [0.2, 0.25) is 5.91 Å². The Morgan fingerprint density at radius 1 is 1.19 bits per heavy atom. The molecule has 0 bridgehead atoms. The Morgan fingerprint density at radius 3 is 2.53 bits per heavy atom. The molecule has 32 heavy (non-hydrogen) atoms. The van der Waals surface area contributed by atoms with Gasteiger partial charge in [-0.05, 0) is 63.6 Å². The zero-order valence-corrected chi connectivity index (χ0v) is 20.4. The number of amides is 1. The molecule has 0 aliphatic carbocycles. The fraction of sp³-hybridized carbons (Fsp3) is 0.360. The molecule has 0 atom stereocenters. The summed E-state index contributed by atoms with van der Waals surface area (Å²) >= 11 is 1.44. The van der Waals surface area contributed by atoms with Gasteiger partial charge >= 0.3 is 0 Å². The lowest BCUT2D eigenvalue weighted by atomic mass is 9.88. The van der Waals surface area contributed by atoms with Crippen LogP contribution in [0.1, 0.15) is 38.8 Å². The largest absolute Gasteiger partial charge is 0.497 e. The van der Waals surface area contributed by atoms with Crippen molar-refractivity contribution in [3.05, 3.63) is 53.6 Å². The average molecular weight is 454 g/mol. The smallest absolute Gasteiger partial charge is 0.250 e. The second-order valence-corrected chi connectivity index (χ2v) is 9.14. The van der Waals surface area contributed by atoms with Gasteiger partial charge in [0.05, 0.1) is 31.7 Å². The summed E-state index contributed by atoms with van der Waals surface area (Å²) < 4.78 is 10.8. The van der Waals surface area contributed by atoms with Gasteiger partial charge in [-0.25, -0.2) is 5.43 Å². The first kappa shape index (κ1) is 23.7. The topological polar surface area (TPSA) is 63.2 Å². The summed E-state index contributed by atoms with van der Waals surface area (Å²) in [7, 11) is 3.28. The molecule has 3 rings (SSSR count). The zero-order valence-electron chi connectivity index (χ0n) is 19.6. The van der Waals surface area contributed by atoms with Gasteiger partial charge < -0.3 is 14.4 Å². The summed E-state index contributed by atoms with van der Waals surface area (Å²) in [6, 6.07) is 11.7. The van der Waals surface area contributed by atoms with Crippen LogP contribution in [0.25, 0.3) is 5.57 Å². The molecule has 0 radical (unpaired) electrons. The number of fused-ring (bicyclic) bond motifs is 1. The van der Waals surface area contributed by atoms with Crippen molar-refractivity contribution >= 4 is 35.1 Å². The number of allylic oxidation sites excluding steroid dienone is 1. The summed E-state index contributed by atoms with van der Waals surface area (Å²) in [5, 5.41) is 4.16. The van der Waals surface area contributed by atoms with Crippen LogP contribution in [0.5, 0.6) is 11.5 Å². The summed E-state index contributed by atoms with van der Waals surface area (Å²) in [6.45, 7) is 9.59. The highest BCUT2D eigenvalue weighted by atomic mass is 32.2. The average Bonchev–Trinajstić information content (AvgIpc) is 2.77. The number of thioether (sulfide) groups is 1. The highest BCUT2D eigenvalue weighted by Gasteiger charge is 2.31. The van der Waals surface area contributed by atoms with Crippen LogP contribution in [0.2, 0.25) is 0 Å². The lowest BCUT2D eigenvalue weighted by Gasteiger charge is -2.43. The summed E-state index contributed by atoms with van der Waals surface area (Å²) in [5.74, 6) is 1.61. The molecule has 170 valence electrons. The van der Waals surface area contributed by atoms with E-state index in [-0.39, 0.29) is 17.2 Å². The van der Waals surface area contributed by atoms with Crippen molar-refractivity contribution in [2.24, 2.45) is 5.10 Å². The number of carbonyl (C=O) groups is 1. The molecule has 0 fully saturated rings. The first-order chi connectivity index (χ1) is 15.3. The van der Waals surface area contributed by atoms with Crippen molar-refractivity contribution in [3.63, 3.8) is 0 Å². The maximum atomic E-state index is 12.2. The highest BCUT2D eigenvalue weighted by molar-refractivity contribution is 8.00. The number of ether oxygens (including phenoxy) is 2. The molecule has 0 spiro atoms. The van der Waals surface area contributed by atoms with Gasteiger partial charge in [0.25, 0.3) is 0 Å². The number of nitrogens with one attached hydrogen (secondary N) is 1. The molecule has 6 nitrogen and oxygen atoms in total. The quantitative estimate of drug-likeness (QED) is 0.347. The van der Waals surface area contributed by atoms with Crippen LogP contribution in [-0.2, 0) is 4.79 Å². The van der Waals surface area contributed by atoms with Gasteiger partial charge in [-0.1, -0.05) is 6.08 Å². The number of carbonyl (C=O) groups excluding carboxylic acids is 1. The molecule has 1 amide bonds. The molecule has 1 aliphatic rings. The number of nitrogens with zero attached hydrogens (tertiary/aromatic N) is 2. The van der Waals surface area contributed by atoms with Crippen LogP contribution >= 0.6 is 11.8 Å². The normalized spacial score (nSPS) is 14.7. The Bertz CT molecular complexity index is 1030. The number of hydrogen-bond donors (Lipinski definition) is 1. The molecule has 0 saturated heterocycles. The third kappa shape index (κ3) is 5.27. The Balaban J connectivity index is 1.70. The number of hydrogen-bond acceptors (Lipinski definition) is 6. The lowest BCUT2D eigenvalue weighted by molar-refractivity contribution is -0.118. The molecule has 0 aromatic heterocycles. The maximum absolute atomic E-state index is 12.2. The number of likely N-dealkylation sites (N-methyl/N-ethyl adjacent to an activating group) is 1. The van der Waals surface area contributed by atoms with Crippen LogP contribution in [0.4, 0.5) is 5.69 Å². The monoisotopic (exact) mass is 453 g/mol. The molecule has 0 saturated carbocycles. The fourth-order valence-corrected chi connectivity index (χ4v) is 4.69. The van der Waals surface area contributed by atoms with Gasteiger partial charge in [-0.3, -0.25) is 4.79 Å². The van der Waals surface area contributed by atoms with Crippen molar-refractivity contribution < 1.29 is 14.3 Å². The van der Waals surface area contributed by atoms with Crippen LogP contribution in [0.3, 0.4) is 0 Å². The van der Waals surface area contributed by atoms with Gasteiger partial charge in [0.1, 0.15) is 11.5 Å². The molecular formula is C25H31N3O3S. The molecule has 2 aromatic rings. The summed E-state index contributed by atoms with van der Waals surface area (Å²) in [6.07, 6.45) is 3.92. The predicted octanol–water partition coefficient (Wildman–Crippen LogP) is 4.97. The standard InChI is InChI=1S/C25H31N3O3S/c1-7-28-22-13-23(31-6)18(12-21(22)17(2)14-25(28,3)4)15-26-27-24(29)16-32-20-10-8-19(30-5)9-11-20/h8-15H,7,16H2,1-6H3,(H,27,29)/b26-15+. The molecule has 1 aliphatic heterocycles. The second-order valence-electron chi connectivity index (χ2n) is 8.09. The highest BCUT2D eigenvalue weighted by Crippen LogP contribution is 2.41. The number of hydrazone groups is 1. The fourth-order valence-electron chi connectivity index (χ4n) is 4.00. The zero-order chi connectivity index (χ0) is 23.3. The van der Waals surface area contributed by atoms with E-state index in [1.807, 2.05) is 24.3 Å². The molecular weight excluding hydrogens is 422 g/mol. The van der Waals surface area contributed by atoms with Crippen molar-refractivity contribution in [1.82, 2.24) is 5.43 Å². The van der Waals surface area contributed by atoms with E-state index in [0.29, 0.717) is 0 Å². The summed E-state index contributed by atoms with van der Waals surface area (Å²) in [5.41, 5.74) is 6.86. The minimum atomic E-state index is -0.172. The van der Waals surface area contributed by atoms with E-state index < -0.39 is 0 Å². The van der Waals surface area contributed by atoms with Gasteiger partial charge in [-0.15, -0.1) is 11.8 Å². The first-order valence-electron chi connectivity index (χ1n) is 10.6. The van der Waals surface area contributed by atoms with E-state index in [2.05, 4.69) is 61.3 Å². The van der Waals surface area contributed by atoms with E-state index in [1.54, 1.807) is 20.4 Å². The Morgan fingerprint density at radius 2 is 1.91 bits per heavy atom. The Hall–Kier alpha value is -2.93. The van der Waals surface area contributed by atoms with E-state index >= 15 is 0 Å². The third-order valence-electron chi connectivity index (χ3n) is 5.47. The van der Waals surface area contributed by atoms with Gasteiger partial charge in [-0.2, -0.15) is 5.10 Å². The Labute approximate surface area is 194 Å². The van der Waals surface area contributed by atoms with Gasteiger partial charge in [0, 0.05) is 34.3 Å². The lowest BCUT2D eigenvalue weighted by Crippen LogP contribution is -2.44. The molecule has 7 heteroatoms. The second kappa shape index (κ2) is 10.1. The maximum Gasteiger partial charge on any atom is 0.250 e. The number of benzene rings is 2. The van der Waals surface area contributed by atoms with Crippen molar-refractivity contribution in [2.75, 3.05) is 31.4 Å². The number of anilines is 1. The number of rotatable bonds is 8. The van der Waals surface area contributed by atoms with Crippen LogP contribution in [0.15, 0.2) is 52.5 Å². The first-order valence-corrected chi connectivity index (χ1v) is 11.6. The molecule has 2 aromatic carbocycles. The van der Waals surface area contributed by atoms with Crippen molar-refractivity contribution in [3.8, 4) is 11.5 Å². The van der Waals surface area contributed by atoms with E-state index in [1.165, 1.54) is 17.3 Å². The van der Waals surface area contributed by atoms with Crippen LogP contribution in [-0.4, -0.2) is 44.2 Å². The Kier molecular flexibility index (Phi) is 7.51. The molecule has 1 N–H and O–H groups in total. The summed E-state index contributed by atoms with van der Waals surface area (Å²) in [4.78, 5) is 15.6. The van der Waals surface area contributed by atoms with E-state index in [9.17, 15) is 4.79 Å². The minimum absolute atomic E-state index is 0.0675. The molecule has 1 heterocycles. The van der Waals surface area contributed by atoms with Crippen molar-refractivity contribution in [1.29, 1.82) is 0 Å².